The maximum absolute atomic E-state index is 13.1. The Labute approximate surface area is 171 Å². The minimum absolute atomic E-state index is 0.140. The van der Waals surface area contributed by atoms with Crippen molar-refractivity contribution in [2.75, 3.05) is 4.90 Å². The molecular weight excluding hydrogens is 380 g/mol. The molecule has 7 heteroatoms. The molecule has 1 amide bonds. The molecule has 148 valence electrons. The van der Waals surface area contributed by atoms with Crippen LogP contribution in [0.1, 0.15) is 18.1 Å². The summed E-state index contributed by atoms with van der Waals surface area (Å²) in [6, 6.07) is 17.9. The predicted octanol–water partition coefficient (Wildman–Crippen LogP) is 2.73. The molecule has 0 bridgehead atoms. The summed E-state index contributed by atoms with van der Waals surface area (Å²) in [6.45, 7) is 1.62. The van der Waals surface area contributed by atoms with Crippen LogP contribution >= 0.6 is 0 Å². The Morgan fingerprint density at radius 3 is 2.63 bits per heavy atom. The monoisotopic (exact) mass is 398 g/mol. The van der Waals surface area contributed by atoms with Crippen molar-refractivity contribution in [1.82, 2.24) is 14.8 Å². The summed E-state index contributed by atoms with van der Waals surface area (Å²) in [5.41, 5.74) is -0.131. The number of hydrogen-bond donors (Lipinski definition) is 1. The third-order valence-corrected chi connectivity index (χ3v) is 5.45. The van der Waals surface area contributed by atoms with Crippen molar-refractivity contribution in [2.45, 2.75) is 19.1 Å². The quantitative estimate of drug-likeness (QED) is 0.573. The summed E-state index contributed by atoms with van der Waals surface area (Å²) in [7, 11) is 0. The first-order chi connectivity index (χ1) is 14.5. The first-order valence-electron chi connectivity index (χ1n) is 9.53. The summed E-state index contributed by atoms with van der Waals surface area (Å²) in [5.74, 6) is -0.114. The van der Waals surface area contributed by atoms with Crippen LogP contribution in [0.5, 0.6) is 0 Å². The Balaban J connectivity index is 1.62. The van der Waals surface area contributed by atoms with Crippen LogP contribution in [0.3, 0.4) is 0 Å². The lowest BCUT2D eigenvalue weighted by molar-refractivity contribution is -0.133. The molecule has 2 aromatic heterocycles. The minimum atomic E-state index is -1.65. The summed E-state index contributed by atoms with van der Waals surface area (Å²) in [4.78, 5) is 31.8. The Morgan fingerprint density at radius 1 is 1.00 bits per heavy atom. The molecule has 0 radical (unpaired) electrons. The van der Waals surface area contributed by atoms with Gasteiger partial charge in [0.05, 0.1) is 23.8 Å². The molecule has 1 unspecified atom stereocenters. The maximum atomic E-state index is 13.1. The first kappa shape index (κ1) is 18.2. The van der Waals surface area contributed by atoms with Gasteiger partial charge in [-0.05, 0) is 25.1 Å². The zero-order valence-corrected chi connectivity index (χ0v) is 16.2. The number of anilines is 2. The van der Waals surface area contributed by atoms with Gasteiger partial charge in [0.2, 0.25) is 0 Å². The molecular formula is C23H18N4O3. The van der Waals surface area contributed by atoms with Crippen molar-refractivity contribution in [1.29, 1.82) is 0 Å². The van der Waals surface area contributed by atoms with Gasteiger partial charge in [-0.2, -0.15) is 5.10 Å². The third kappa shape index (κ3) is 2.63. The predicted molar refractivity (Wildman–Crippen MR) is 113 cm³/mol. The molecule has 7 nitrogen and oxygen atoms in total. The lowest BCUT2D eigenvalue weighted by Crippen LogP contribution is -2.36. The summed E-state index contributed by atoms with van der Waals surface area (Å²) < 4.78 is 1.35. The van der Waals surface area contributed by atoms with Gasteiger partial charge in [-0.1, -0.05) is 42.5 Å². The Bertz CT molecular complexity index is 1360. The van der Waals surface area contributed by atoms with E-state index in [0.717, 1.165) is 5.39 Å². The average Bonchev–Trinajstić information content (AvgIpc) is 2.97. The van der Waals surface area contributed by atoms with E-state index in [9.17, 15) is 14.7 Å². The lowest BCUT2D eigenvalue weighted by atomic mass is 9.98. The van der Waals surface area contributed by atoms with Crippen molar-refractivity contribution in [3.05, 3.63) is 94.5 Å². The second kappa shape index (κ2) is 6.60. The number of carbonyl (C=O) groups is 1. The number of fused-ring (bicyclic) bond motifs is 2. The van der Waals surface area contributed by atoms with Crippen LogP contribution in [0.4, 0.5) is 11.5 Å². The molecule has 1 N–H and O–H groups in total. The average molecular weight is 398 g/mol. The number of benzene rings is 2. The van der Waals surface area contributed by atoms with Crippen molar-refractivity contribution in [3.8, 4) is 0 Å². The number of para-hydroxylation sites is 1. The van der Waals surface area contributed by atoms with Crippen molar-refractivity contribution in [3.63, 3.8) is 0 Å². The van der Waals surface area contributed by atoms with Crippen molar-refractivity contribution in [2.24, 2.45) is 0 Å². The number of rotatable bonds is 3. The summed E-state index contributed by atoms with van der Waals surface area (Å²) in [5, 5.41) is 16.4. The van der Waals surface area contributed by atoms with E-state index in [0.29, 0.717) is 28.0 Å². The number of nitrogens with zero attached hydrogens (tertiary/aromatic N) is 4. The van der Waals surface area contributed by atoms with Gasteiger partial charge in [-0.15, -0.1) is 0 Å². The van der Waals surface area contributed by atoms with Gasteiger partial charge in [0.1, 0.15) is 5.82 Å². The highest BCUT2D eigenvalue weighted by Gasteiger charge is 2.47. The number of hydrogen-bond acceptors (Lipinski definition) is 5. The topological polar surface area (TPSA) is 88.3 Å². The molecule has 1 aliphatic heterocycles. The van der Waals surface area contributed by atoms with E-state index in [1.165, 1.54) is 16.5 Å². The SMILES string of the molecule is CC1(O)C(=O)N(c2ncccc2Cn2ncc3ccccc3c2=O)c2ccccc21. The van der Waals surface area contributed by atoms with Crippen LogP contribution in [0.2, 0.25) is 0 Å². The van der Waals surface area contributed by atoms with Gasteiger partial charge < -0.3 is 5.11 Å². The fraction of sp³-hybridized carbons (Fsp3) is 0.130. The molecule has 4 aromatic rings. The molecule has 0 aliphatic carbocycles. The largest absolute Gasteiger partial charge is 0.375 e. The molecule has 1 aliphatic rings. The highest BCUT2D eigenvalue weighted by Crippen LogP contribution is 2.44. The molecule has 3 heterocycles. The molecule has 0 saturated heterocycles. The van der Waals surface area contributed by atoms with E-state index in [-0.39, 0.29) is 12.1 Å². The van der Waals surface area contributed by atoms with E-state index in [4.69, 9.17) is 0 Å². The van der Waals surface area contributed by atoms with Crippen LogP contribution in [-0.2, 0) is 16.9 Å². The van der Waals surface area contributed by atoms with Crippen LogP contribution in [0.15, 0.2) is 77.9 Å². The normalized spacial score (nSPS) is 18.1. The van der Waals surface area contributed by atoms with E-state index in [1.807, 2.05) is 18.2 Å². The molecule has 2 aromatic carbocycles. The molecule has 0 spiro atoms. The van der Waals surface area contributed by atoms with Gasteiger partial charge >= 0.3 is 0 Å². The molecule has 0 saturated carbocycles. The molecule has 5 rings (SSSR count). The molecule has 1 atom stereocenters. The lowest BCUT2D eigenvalue weighted by Gasteiger charge is -2.21. The van der Waals surface area contributed by atoms with Gasteiger partial charge in [0.25, 0.3) is 11.5 Å². The molecule has 0 fully saturated rings. The van der Waals surface area contributed by atoms with E-state index in [2.05, 4.69) is 10.1 Å². The fourth-order valence-electron chi connectivity index (χ4n) is 3.89. The Morgan fingerprint density at radius 2 is 1.77 bits per heavy atom. The summed E-state index contributed by atoms with van der Waals surface area (Å²) in [6.07, 6.45) is 3.23. The van der Waals surface area contributed by atoms with E-state index >= 15 is 0 Å². The van der Waals surface area contributed by atoms with Gasteiger partial charge in [0.15, 0.2) is 5.60 Å². The zero-order valence-electron chi connectivity index (χ0n) is 16.2. The van der Waals surface area contributed by atoms with Crippen molar-refractivity contribution >= 4 is 28.2 Å². The van der Waals surface area contributed by atoms with Gasteiger partial charge in [-0.3, -0.25) is 14.5 Å². The zero-order chi connectivity index (χ0) is 20.9. The maximum Gasteiger partial charge on any atom is 0.274 e. The van der Waals surface area contributed by atoms with Crippen LogP contribution < -0.4 is 10.5 Å². The second-order valence-corrected chi connectivity index (χ2v) is 7.41. The third-order valence-electron chi connectivity index (χ3n) is 5.45. The van der Waals surface area contributed by atoms with Crippen molar-refractivity contribution < 1.29 is 9.90 Å². The number of aromatic nitrogens is 3. The number of pyridine rings is 1. The first-order valence-corrected chi connectivity index (χ1v) is 9.53. The Hall–Kier alpha value is -3.84. The summed E-state index contributed by atoms with van der Waals surface area (Å²) >= 11 is 0. The minimum Gasteiger partial charge on any atom is -0.375 e. The van der Waals surface area contributed by atoms with Gasteiger partial charge in [0, 0.05) is 22.7 Å². The number of amides is 1. The highest BCUT2D eigenvalue weighted by atomic mass is 16.3. The highest BCUT2D eigenvalue weighted by molar-refractivity contribution is 6.11. The number of carbonyl (C=O) groups excluding carboxylic acids is 1. The Kier molecular flexibility index (Phi) is 4.01. The van der Waals surface area contributed by atoms with E-state index < -0.39 is 11.5 Å². The fourth-order valence-corrected chi connectivity index (χ4v) is 3.89. The second-order valence-electron chi connectivity index (χ2n) is 7.41. The van der Waals surface area contributed by atoms with Crippen LogP contribution in [0.25, 0.3) is 10.8 Å². The smallest absolute Gasteiger partial charge is 0.274 e. The standard InChI is InChI=1S/C23H18N4O3/c1-23(30)18-10-4-5-11-19(18)27(22(23)29)20-16(8-6-12-24-20)14-26-21(28)17-9-3-2-7-15(17)13-25-26/h2-13,30H,14H2,1H3. The van der Waals surface area contributed by atoms with Crippen LogP contribution in [0, 0.1) is 0 Å². The number of aliphatic hydroxyl groups is 1. The molecule has 30 heavy (non-hydrogen) atoms. The van der Waals surface area contributed by atoms with Crippen LogP contribution in [-0.4, -0.2) is 25.8 Å². The van der Waals surface area contributed by atoms with E-state index in [1.54, 1.807) is 54.9 Å². The van der Waals surface area contributed by atoms with Gasteiger partial charge in [-0.25, -0.2) is 9.67 Å².